The van der Waals surface area contributed by atoms with Gasteiger partial charge in [-0.2, -0.15) is 0 Å². The van der Waals surface area contributed by atoms with Crippen LogP contribution in [-0.2, 0) is 21.1 Å². The Morgan fingerprint density at radius 3 is 2.65 bits per heavy atom. The number of aliphatic hydroxyl groups is 1. The molecule has 0 radical (unpaired) electrons. The summed E-state index contributed by atoms with van der Waals surface area (Å²) in [5.41, 5.74) is 0.909. The molecule has 1 heterocycles. The Kier molecular flexibility index (Phi) is 5.61. The van der Waals surface area contributed by atoms with E-state index in [1.165, 1.54) is 6.42 Å². The summed E-state index contributed by atoms with van der Waals surface area (Å²) in [6.45, 7) is 2.71. The van der Waals surface area contributed by atoms with E-state index in [9.17, 15) is 5.11 Å². The van der Waals surface area contributed by atoms with Crippen molar-refractivity contribution in [2.24, 2.45) is 5.41 Å². The molecule has 1 aromatic heterocycles. The molecule has 0 amide bonds. The third-order valence-electron chi connectivity index (χ3n) is 3.27. The number of ether oxygens (including phenoxy) is 1. The minimum atomic E-state index is -0.0113. The summed E-state index contributed by atoms with van der Waals surface area (Å²) in [6, 6.07) is 3.78. The molecule has 1 aliphatic rings. The smallest absolute Gasteiger partial charge is 0.213 e. The molecule has 3 nitrogen and oxygen atoms in total. The van der Waals surface area contributed by atoms with Crippen LogP contribution in [-0.4, -0.2) is 23.3 Å². The van der Waals surface area contributed by atoms with Gasteiger partial charge < -0.3 is 9.84 Å². The molecule has 1 aromatic rings. The van der Waals surface area contributed by atoms with Gasteiger partial charge in [0.05, 0.1) is 18.9 Å². The fraction of sp³-hybridized carbons (Fsp3) is 0.583. The van der Waals surface area contributed by atoms with E-state index < -0.39 is 0 Å². The predicted molar refractivity (Wildman–Crippen MR) is 65.5 cm³/mol. The summed E-state index contributed by atoms with van der Waals surface area (Å²) >= 11 is 3.40. The van der Waals surface area contributed by atoms with Crippen LogP contribution in [0.4, 0.5) is 0 Å². The Hall–Kier alpha value is 0.0783. The van der Waals surface area contributed by atoms with Crippen LogP contribution in [0.2, 0.25) is 0 Å². The molecule has 0 saturated heterocycles. The summed E-state index contributed by atoms with van der Waals surface area (Å²) in [6.07, 6.45) is 3.30. The minimum absolute atomic E-state index is 0. The van der Waals surface area contributed by atoms with Crippen molar-refractivity contribution < 1.29 is 30.9 Å². The van der Waals surface area contributed by atoms with E-state index in [1.807, 2.05) is 19.1 Å². The standard InChI is InChI=1S/C12H16BrNO2.W/c1-9-10(13)3-4-11(14-9)16-8-12(7-15)5-2-6-12;/h3-4,15H,2,5-8H2,1H3;. The summed E-state index contributed by atoms with van der Waals surface area (Å²) in [4.78, 5) is 4.32. The van der Waals surface area contributed by atoms with E-state index in [1.54, 1.807) is 0 Å². The molecular formula is C12H16BrNO2W. The van der Waals surface area contributed by atoms with Crippen LogP contribution in [0.5, 0.6) is 5.88 Å². The van der Waals surface area contributed by atoms with E-state index in [0.717, 1.165) is 23.0 Å². The van der Waals surface area contributed by atoms with Gasteiger partial charge >= 0.3 is 0 Å². The first-order valence-corrected chi connectivity index (χ1v) is 6.31. The Labute approximate surface area is 124 Å². The van der Waals surface area contributed by atoms with Gasteiger partial charge in [0.25, 0.3) is 0 Å². The van der Waals surface area contributed by atoms with Crippen molar-refractivity contribution in [3.63, 3.8) is 0 Å². The quantitative estimate of drug-likeness (QED) is 0.737. The van der Waals surface area contributed by atoms with Crippen LogP contribution < -0.4 is 4.74 Å². The van der Waals surface area contributed by atoms with Gasteiger partial charge in [-0.05, 0) is 41.8 Å². The van der Waals surface area contributed by atoms with Crippen molar-refractivity contribution in [3.05, 3.63) is 22.3 Å². The van der Waals surface area contributed by atoms with Crippen LogP contribution >= 0.6 is 15.9 Å². The van der Waals surface area contributed by atoms with E-state index >= 15 is 0 Å². The van der Waals surface area contributed by atoms with Crippen LogP contribution in [0.3, 0.4) is 0 Å². The van der Waals surface area contributed by atoms with Crippen LogP contribution in [0.25, 0.3) is 0 Å². The topological polar surface area (TPSA) is 42.4 Å². The average molecular weight is 470 g/mol. The maximum Gasteiger partial charge on any atom is 0.213 e. The third kappa shape index (κ3) is 3.52. The first-order valence-electron chi connectivity index (χ1n) is 5.52. The number of hydrogen-bond acceptors (Lipinski definition) is 3. The number of halogens is 1. The van der Waals surface area contributed by atoms with Crippen molar-refractivity contribution >= 4 is 15.9 Å². The largest absolute Gasteiger partial charge is 0.477 e. The Bertz CT molecular complexity index is 377. The molecule has 1 saturated carbocycles. The molecule has 1 aliphatic carbocycles. The molecule has 0 spiro atoms. The number of aliphatic hydroxyl groups excluding tert-OH is 1. The third-order valence-corrected chi connectivity index (χ3v) is 4.11. The molecular weight excluding hydrogens is 454 g/mol. The molecule has 0 aliphatic heterocycles. The molecule has 0 aromatic carbocycles. The predicted octanol–water partition coefficient (Wildman–Crippen LogP) is 2.69. The number of hydrogen-bond donors (Lipinski definition) is 1. The molecule has 17 heavy (non-hydrogen) atoms. The number of pyridine rings is 1. The maximum absolute atomic E-state index is 9.31. The van der Waals surface area contributed by atoms with E-state index in [4.69, 9.17) is 4.74 Å². The zero-order valence-electron chi connectivity index (χ0n) is 9.78. The average Bonchev–Trinajstić information content (AvgIpc) is 2.22. The van der Waals surface area contributed by atoms with Gasteiger partial charge in [0, 0.05) is 37.0 Å². The van der Waals surface area contributed by atoms with Crippen molar-refractivity contribution in [2.45, 2.75) is 26.2 Å². The van der Waals surface area contributed by atoms with Gasteiger partial charge in [0.15, 0.2) is 0 Å². The fourth-order valence-electron chi connectivity index (χ4n) is 1.85. The first-order chi connectivity index (χ1) is 7.65. The van der Waals surface area contributed by atoms with Crippen LogP contribution in [0.1, 0.15) is 25.0 Å². The van der Waals surface area contributed by atoms with Gasteiger partial charge in [-0.25, -0.2) is 4.98 Å². The second-order valence-corrected chi connectivity index (χ2v) is 5.37. The van der Waals surface area contributed by atoms with Crippen LogP contribution in [0.15, 0.2) is 16.6 Å². The van der Waals surface area contributed by atoms with Crippen molar-refractivity contribution in [1.29, 1.82) is 0 Å². The van der Waals surface area contributed by atoms with Crippen LogP contribution in [0, 0.1) is 12.3 Å². The maximum atomic E-state index is 9.31. The fourth-order valence-corrected chi connectivity index (χ4v) is 2.07. The minimum Gasteiger partial charge on any atom is -0.477 e. The molecule has 1 fully saturated rings. The monoisotopic (exact) mass is 469 g/mol. The van der Waals surface area contributed by atoms with Gasteiger partial charge in [-0.1, -0.05) is 6.42 Å². The summed E-state index contributed by atoms with van der Waals surface area (Å²) < 4.78 is 6.63. The van der Waals surface area contributed by atoms with Gasteiger partial charge in [0.2, 0.25) is 5.88 Å². The van der Waals surface area contributed by atoms with E-state index in [0.29, 0.717) is 12.5 Å². The number of aryl methyl sites for hydroxylation is 1. The van der Waals surface area contributed by atoms with Gasteiger partial charge in [-0.15, -0.1) is 0 Å². The molecule has 0 atom stereocenters. The summed E-state index contributed by atoms with van der Waals surface area (Å²) in [5.74, 6) is 0.639. The number of aromatic nitrogens is 1. The zero-order valence-corrected chi connectivity index (χ0v) is 14.3. The Balaban J connectivity index is 0.00000144. The molecule has 1 N–H and O–H groups in total. The van der Waals surface area contributed by atoms with Crippen molar-refractivity contribution in [3.8, 4) is 5.88 Å². The van der Waals surface area contributed by atoms with E-state index in [-0.39, 0.29) is 33.1 Å². The van der Waals surface area contributed by atoms with Crippen molar-refractivity contribution in [2.75, 3.05) is 13.2 Å². The normalized spacial score (nSPS) is 16.9. The Morgan fingerprint density at radius 2 is 2.18 bits per heavy atom. The molecule has 0 unspecified atom stereocenters. The molecule has 94 valence electrons. The number of rotatable bonds is 4. The molecule has 5 heteroatoms. The summed E-state index contributed by atoms with van der Waals surface area (Å²) in [5, 5.41) is 9.31. The van der Waals surface area contributed by atoms with Gasteiger partial charge in [0.1, 0.15) is 0 Å². The Morgan fingerprint density at radius 1 is 1.47 bits per heavy atom. The number of nitrogens with zero attached hydrogens (tertiary/aromatic N) is 1. The second kappa shape index (κ2) is 6.31. The SMILES string of the molecule is Cc1nc(OCC2(CO)CCC2)ccc1Br.[W]. The summed E-state index contributed by atoms with van der Waals surface area (Å²) in [7, 11) is 0. The van der Waals surface area contributed by atoms with Crippen molar-refractivity contribution in [1.82, 2.24) is 4.98 Å². The second-order valence-electron chi connectivity index (χ2n) is 4.52. The molecule has 0 bridgehead atoms. The molecule has 2 rings (SSSR count). The zero-order chi connectivity index (χ0) is 11.6. The first kappa shape index (κ1) is 15.1. The van der Waals surface area contributed by atoms with E-state index in [2.05, 4.69) is 20.9 Å². The van der Waals surface area contributed by atoms with Gasteiger partial charge in [-0.3, -0.25) is 0 Å².